The highest BCUT2D eigenvalue weighted by Crippen LogP contribution is 2.28. The largest absolute Gasteiger partial charge is 0.319 e. The molecule has 0 heterocycles. The van der Waals surface area contributed by atoms with Crippen molar-refractivity contribution in [3.8, 4) is 12.1 Å². The fourth-order valence-corrected chi connectivity index (χ4v) is 2.85. The second-order valence-electron chi connectivity index (χ2n) is 6.65. The average Bonchev–Trinajstić information content (AvgIpc) is 2.65. The standard InChI is InChI=1S/C22H21N3O2/c1-14(2)18-6-4-5-15(3)20(18)25-22(27)21(26)19(13-24)17-9-7-16(8-10-17)11-12-23/h4-10,14,19H,11H2,1-3H3,(H,25,27)/t19-/m1/s1. The molecule has 1 N–H and O–H groups in total. The third kappa shape index (κ3) is 4.59. The summed E-state index contributed by atoms with van der Waals surface area (Å²) >= 11 is 0. The van der Waals surface area contributed by atoms with E-state index in [4.69, 9.17) is 5.26 Å². The second kappa shape index (κ2) is 8.78. The Hall–Kier alpha value is -3.44. The van der Waals surface area contributed by atoms with E-state index in [1.165, 1.54) is 0 Å². The Balaban J connectivity index is 2.25. The lowest BCUT2D eigenvalue weighted by molar-refractivity contribution is -0.135. The molecule has 27 heavy (non-hydrogen) atoms. The predicted molar refractivity (Wildman–Crippen MR) is 103 cm³/mol. The zero-order valence-corrected chi connectivity index (χ0v) is 15.6. The molecule has 1 atom stereocenters. The van der Waals surface area contributed by atoms with Crippen molar-refractivity contribution in [1.82, 2.24) is 0 Å². The smallest absolute Gasteiger partial charge is 0.293 e. The molecule has 5 nitrogen and oxygen atoms in total. The van der Waals surface area contributed by atoms with Gasteiger partial charge in [-0.05, 0) is 35.1 Å². The van der Waals surface area contributed by atoms with E-state index in [1.54, 1.807) is 24.3 Å². The summed E-state index contributed by atoms with van der Waals surface area (Å²) in [5.74, 6) is -2.62. The van der Waals surface area contributed by atoms with E-state index in [-0.39, 0.29) is 12.3 Å². The number of carbonyl (C=O) groups excluding carboxylic acids is 2. The van der Waals surface area contributed by atoms with E-state index in [0.29, 0.717) is 11.3 Å². The molecule has 1 amide bonds. The molecule has 136 valence electrons. The van der Waals surface area contributed by atoms with Crippen molar-refractivity contribution in [3.05, 3.63) is 64.7 Å². The van der Waals surface area contributed by atoms with Crippen LogP contribution in [-0.4, -0.2) is 11.7 Å². The molecule has 0 saturated carbocycles. The van der Waals surface area contributed by atoms with E-state index in [1.807, 2.05) is 51.1 Å². The third-order valence-electron chi connectivity index (χ3n) is 4.38. The van der Waals surface area contributed by atoms with Crippen molar-refractivity contribution in [3.63, 3.8) is 0 Å². The first-order valence-corrected chi connectivity index (χ1v) is 8.69. The molecular weight excluding hydrogens is 338 g/mol. The van der Waals surface area contributed by atoms with Gasteiger partial charge in [0.2, 0.25) is 5.78 Å². The van der Waals surface area contributed by atoms with E-state index >= 15 is 0 Å². The lowest BCUT2D eigenvalue weighted by Gasteiger charge is -2.17. The number of nitriles is 2. The Bertz CT molecular complexity index is 932. The maximum atomic E-state index is 12.6. The molecule has 0 radical (unpaired) electrons. The van der Waals surface area contributed by atoms with Gasteiger partial charge in [0.15, 0.2) is 0 Å². The van der Waals surface area contributed by atoms with E-state index in [9.17, 15) is 14.9 Å². The average molecular weight is 359 g/mol. The molecule has 0 fully saturated rings. The van der Waals surface area contributed by atoms with E-state index < -0.39 is 17.6 Å². The van der Waals surface area contributed by atoms with Crippen LogP contribution in [0.25, 0.3) is 0 Å². The summed E-state index contributed by atoms with van der Waals surface area (Å²) in [7, 11) is 0. The highest BCUT2D eigenvalue weighted by Gasteiger charge is 2.28. The summed E-state index contributed by atoms with van der Waals surface area (Å²) in [4.78, 5) is 25.1. The van der Waals surface area contributed by atoms with Gasteiger partial charge in [-0.25, -0.2) is 0 Å². The maximum absolute atomic E-state index is 12.6. The van der Waals surface area contributed by atoms with Crippen LogP contribution in [-0.2, 0) is 16.0 Å². The molecule has 0 saturated heterocycles. The molecule has 0 bridgehead atoms. The topological polar surface area (TPSA) is 93.8 Å². The number of amides is 1. The Morgan fingerprint density at radius 3 is 2.30 bits per heavy atom. The van der Waals surface area contributed by atoms with Gasteiger partial charge < -0.3 is 5.32 Å². The number of rotatable bonds is 6. The Morgan fingerprint density at radius 1 is 1.07 bits per heavy atom. The van der Waals surface area contributed by atoms with Gasteiger partial charge in [0.05, 0.1) is 18.6 Å². The number of hydrogen-bond acceptors (Lipinski definition) is 4. The van der Waals surface area contributed by atoms with E-state index in [0.717, 1.165) is 16.7 Å². The van der Waals surface area contributed by atoms with Crippen LogP contribution in [0.2, 0.25) is 0 Å². The second-order valence-corrected chi connectivity index (χ2v) is 6.65. The summed E-state index contributed by atoms with van der Waals surface area (Å²) in [6.07, 6.45) is 0.247. The van der Waals surface area contributed by atoms with Crippen LogP contribution in [0.1, 0.15) is 47.9 Å². The molecule has 0 unspecified atom stereocenters. The first-order valence-electron chi connectivity index (χ1n) is 8.69. The van der Waals surface area contributed by atoms with Crippen LogP contribution >= 0.6 is 0 Å². The minimum absolute atomic E-state index is 0.176. The molecule has 2 aromatic rings. The number of nitrogens with one attached hydrogen (secondary N) is 1. The monoisotopic (exact) mass is 359 g/mol. The number of carbonyl (C=O) groups is 2. The Labute approximate surface area is 159 Å². The fourth-order valence-electron chi connectivity index (χ4n) is 2.85. The van der Waals surface area contributed by atoms with Crippen LogP contribution in [0.4, 0.5) is 5.69 Å². The van der Waals surface area contributed by atoms with Crippen LogP contribution in [0.3, 0.4) is 0 Å². The van der Waals surface area contributed by atoms with Gasteiger partial charge in [-0.15, -0.1) is 0 Å². The molecule has 0 aromatic heterocycles. The third-order valence-corrected chi connectivity index (χ3v) is 4.38. The van der Waals surface area contributed by atoms with Crippen LogP contribution < -0.4 is 5.32 Å². The van der Waals surface area contributed by atoms with Crippen LogP contribution in [0.15, 0.2) is 42.5 Å². The van der Waals surface area contributed by atoms with Crippen molar-refractivity contribution in [2.75, 3.05) is 5.32 Å². The van der Waals surface area contributed by atoms with Crippen molar-refractivity contribution in [2.24, 2.45) is 0 Å². The highest BCUT2D eigenvalue weighted by molar-refractivity contribution is 6.43. The number of nitrogens with zero attached hydrogens (tertiary/aromatic N) is 2. The number of Topliss-reactive ketones (excluding diaryl/α,β-unsaturated/α-hetero) is 1. The van der Waals surface area contributed by atoms with Gasteiger partial charge in [0, 0.05) is 5.69 Å². The van der Waals surface area contributed by atoms with Gasteiger partial charge in [0.1, 0.15) is 5.92 Å². The van der Waals surface area contributed by atoms with E-state index in [2.05, 4.69) is 5.32 Å². The molecule has 0 aliphatic carbocycles. The van der Waals surface area contributed by atoms with Crippen molar-refractivity contribution in [2.45, 2.75) is 39.0 Å². The first kappa shape index (κ1) is 19.9. The van der Waals surface area contributed by atoms with Gasteiger partial charge in [-0.2, -0.15) is 10.5 Å². The molecule has 0 aliphatic rings. The number of anilines is 1. The first-order chi connectivity index (χ1) is 12.9. The zero-order valence-electron chi connectivity index (χ0n) is 15.6. The van der Waals surface area contributed by atoms with Crippen molar-refractivity contribution in [1.29, 1.82) is 10.5 Å². The predicted octanol–water partition coefficient (Wildman–Crippen LogP) is 4.00. The van der Waals surface area contributed by atoms with Crippen LogP contribution in [0.5, 0.6) is 0 Å². The van der Waals surface area contributed by atoms with Crippen LogP contribution in [0, 0.1) is 29.6 Å². The van der Waals surface area contributed by atoms with Crippen molar-refractivity contribution < 1.29 is 9.59 Å². The summed E-state index contributed by atoms with van der Waals surface area (Å²) in [5, 5.41) is 20.8. The highest BCUT2D eigenvalue weighted by atomic mass is 16.2. The number of aryl methyl sites for hydroxylation is 1. The maximum Gasteiger partial charge on any atom is 0.293 e. The van der Waals surface area contributed by atoms with Crippen molar-refractivity contribution >= 4 is 17.4 Å². The summed E-state index contributed by atoms with van der Waals surface area (Å²) in [6, 6.07) is 16.2. The number of ketones is 1. The van der Waals surface area contributed by atoms with Gasteiger partial charge in [0.25, 0.3) is 5.91 Å². The van der Waals surface area contributed by atoms with Gasteiger partial charge >= 0.3 is 0 Å². The normalized spacial score (nSPS) is 11.3. The number of hydrogen-bond donors (Lipinski definition) is 1. The molecule has 0 aliphatic heterocycles. The molecule has 2 rings (SSSR count). The Morgan fingerprint density at radius 2 is 1.74 bits per heavy atom. The molecule has 5 heteroatoms. The lowest BCUT2D eigenvalue weighted by Crippen LogP contribution is -2.28. The molecule has 2 aromatic carbocycles. The minimum Gasteiger partial charge on any atom is -0.319 e. The van der Waals surface area contributed by atoms with Gasteiger partial charge in [-0.3, -0.25) is 9.59 Å². The van der Waals surface area contributed by atoms with Gasteiger partial charge in [-0.1, -0.05) is 56.3 Å². The summed E-state index contributed by atoms with van der Waals surface area (Å²) in [6.45, 7) is 5.88. The number of benzene rings is 2. The summed E-state index contributed by atoms with van der Waals surface area (Å²) in [5.41, 5.74) is 3.64. The minimum atomic E-state index is -1.19. The lowest BCUT2D eigenvalue weighted by atomic mass is 9.93. The summed E-state index contributed by atoms with van der Waals surface area (Å²) < 4.78 is 0. The fraction of sp³-hybridized carbons (Fsp3) is 0.273. The molecule has 0 spiro atoms. The Kier molecular flexibility index (Phi) is 6.46. The zero-order chi connectivity index (χ0) is 20.0. The SMILES string of the molecule is Cc1cccc(C(C)C)c1NC(=O)C(=O)[C@H](C#N)c1ccc(CC#N)cc1. The molecular formula is C22H21N3O2. The quantitative estimate of drug-likeness (QED) is 0.789. The number of para-hydroxylation sites is 1.